The number of amides is 1. The molecule has 0 radical (unpaired) electrons. The van der Waals surface area contributed by atoms with E-state index in [2.05, 4.69) is 11.9 Å². The Bertz CT molecular complexity index is 651. The van der Waals surface area contributed by atoms with Crippen molar-refractivity contribution >= 4 is 21.6 Å². The number of carbonyl (C=O) groups excluding carboxylic acids is 1. The van der Waals surface area contributed by atoms with Crippen LogP contribution in [-0.4, -0.2) is 31.7 Å². The lowest BCUT2D eigenvalue weighted by Gasteiger charge is -2.22. The minimum atomic E-state index is -3.61. The number of carbonyl (C=O) groups is 1. The first-order valence-electron chi connectivity index (χ1n) is 6.71. The first kappa shape index (κ1) is 17.4. The van der Waals surface area contributed by atoms with Gasteiger partial charge in [0, 0.05) is 25.7 Å². The molecule has 0 unspecified atom stereocenters. The molecule has 0 aliphatic heterocycles. The van der Waals surface area contributed by atoms with E-state index in [9.17, 15) is 13.2 Å². The molecule has 0 spiro atoms. The standard InChI is InChI=1S/C15H22N2O3S/c1-6-17(10-11(2)3)21(19,20)15-9-14(16-13(5)18)8-7-12(15)4/h7-9H,2,6,10H2,1,3-5H3,(H,16,18). The van der Waals surface area contributed by atoms with Gasteiger partial charge in [-0.25, -0.2) is 8.42 Å². The summed E-state index contributed by atoms with van der Waals surface area (Å²) in [5.41, 5.74) is 1.89. The number of hydrogen-bond acceptors (Lipinski definition) is 3. The fourth-order valence-corrected chi connectivity index (χ4v) is 3.73. The molecular weight excluding hydrogens is 288 g/mol. The molecule has 0 aliphatic carbocycles. The van der Waals surface area contributed by atoms with Gasteiger partial charge < -0.3 is 5.32 Å². The number of nitrogens with zero attached hydrogens (tertiary/aromatic N) is 1. The highest BCUT2D eigenvalue weighted by Crippen LogP contribution is 2.24. The highest BCUT2D eigenvalue weighted by molar-refractivity contribution is 7.89. The van der Waals surface area contributed by atoms with Crippen LogP contribution in [0.15, 0.2) is 35.2 Å². The van der Waals surface area contributed by atoms with Gasteiger partial charge in [0.1, 0.15) is 0 Å². The molecule has 0 saturated carbocycles. The Labute approximate surface area is 126 Å². The smallest absolute Gasteiger partial charge is 0.243 e. The lowest BCUT2D eigenvalue weighted by atomic mass is 10.2. The predicted molar refractivity (Wildman–Crippen MR) is 84.7 cm³/mol. The van der Waals surface area contributed by atoms with E-state index in [1.807, 2.05) is 0 Å². The maximum Gasteiger partial charge on any atom is 0.243 e. The van der Waals surface area contributed by atoms with Gasteiger partial charge in [-0.05, 0) is 31.5 Å². The number of likely N-dealkylation sites (N-methyl/N-ethyl adjacent to an activating group) is 1. The monoisotopic (exact) mass is 310 g/mol. The molecular formula is C15H22N2O3S. The second-order valence-corrected chi connectivity index (χ2v) is 6.96. The first-order chi connectivity index (χ1) is 9.68. The maximum atomic E-state index is 12.7. The highest BCUT2D eigenvalue weighted by atomic mass is 32.2. The van der Waals surface area contributed by atoms with Gasteiger partial charge in [-0.15, -0.1) is 0 Å². The molecule has 0 aromatic heterocycles. The summed E-state index contributed by atoms with van der Waals surface area (Å²) < 4.78 is 26.8. The largest absolute Gasteiger partial charge is 0.326 e. The van der Waals surface area contributed by atoms with Gasteiger partial charge in [-0.3, -0.25) is 4.79 Å². The lowest BCUT2D eigenvalue weighted by Crippen LogP contribution is -2.32. The number of aryl methyl sites for hydroxylation is 1. The summed E-state index contributed by atoms with van der Waals surface area (Å²) in [4.78, 5) is 11.3. The Kier molecular flexibility index (Phi) is 5.69. The van der Waals surface area contributed by atoms with Gasteiger partial charge in [0.15, 0.2) is 0 Å². The average Bonchev–Trinajstić information content (AvgIpc) is 2.37. The van der Waals surface area contributed by atoms with E-state index in [-0.39, 0.29) is 17.3 Å². The van der Waals surface area contributed by atoms with Gasteiger partial charge in [-0.2, -0.15) is 4.31 Å². The van der Waals surface area contributed by atoms with E-state index in [4.69, 9.17) is 0 Å². The van der Waals surface area contributed by atoms with Crippen LogP contribution in [-0.2, 0) is 14.8 Å². The Morgan fingerprint density at radius 1 is 1.33 bits per heavy atom. The summed E-state index contributed by atoms with van der Waals surface area (Å²) in [7, 11) is -3.61. The van der Waals surface area contributed by atoms with Gasteiger partial charge in [0.05, 0.1) is 4.90 Å². The number of benzene rings is 1. The Hall–Kier alpha value is -1.66. The minimum Gasteiger partial charge on any atom is -0.326 e. The van der Waals surface area contributed by atoms with Gasteiger partial charge >= 0.3 is 0 Å². The fourth-order valence-electron chi connectivity index (χ4n) is 1.97. The summed E-state index contributed by atoms with van der Waals surface area (Å²) in [6, 6.07) is 4.87. The van der Waals surface area contributed by atoms with Crippen LogP contribution in [0.25, 0.3) is 0 Å². The third-order valence-electron chi connectivity index (χ3n) is 2.93. The highest BCUT2D eigenvalue weighted by Gasteiger charge is 2.25. The summed E-state index contributed by atoms with van der Waals surface area (Å²) in [6.07, 6.45) is 0. The number of nitrogens with one attached hydrogen (secondary N) is 1. The molecule has 21 heavy (non-hydrogen) atoms. The molecule has 1 N–H and O–H groups in total. The Morgan fingerprint density at radius 3 is 2.43 bits per heavy atom. The molecule has 1 amide bonds. The maximum absolute atomic E-state index is 12.7. The summed E-state index contributed by atoms with van der Waals surface area (Å²) in [5, 5.41) is 2.60. The molecule has 6 heteroatoms. The normalized spacial score (nSPS) is 11.5. The quantitative estimate of drug-likeness (QED) is 0.821. The number of sulfonamides is 1. The van der Waals surface area contributed by atoms with Crippen molar-refractivity contribution in [3.05, 3.63) is 35.9 Å². The number of hydrogen-bond donors (Lipinski definition) is 1. The molecule has 1 aromatic rings. The molecule has 0 fully saturated rings. The summed E-state index contributed by atoms with van der Waals surface area (Å²) in [5.74, 6) is -0.239. The van der Waals surface area contributed by atoms with Crippen LogP contribution in [0.5, 0.6) is 0 Å². The van der Waals surface area contributed by atoms with Crippen LogP contribution < -0.4 is 5.32 Å². The van der Waals surface area contributed by atoms with Gasteiger partial charge in [0.2, 0.25) is 15.9 Å². The second kappa shape index (κ2) is 6.87. The van der Waals surface area contributed by atoms with Crippen LogP contribution in [0.2, 0.25) is 0 Å². The van der Waals surface area contributed by atoms with Crippen LogP contribution in [0.1, 0.15) is 26.3 Å². The number of anilines is 1. The van der Waals surface area contributed by atoms with E-state index >= 15 is 0 Å². The number of rotatable bonds is 6. The molecule has 1 aromatic carbocycles. The van der Waals surface area contributed by atoms with Crippen molar-refractivity contribution in [1.82, 2.24) is 4.31 Å². The molecule has 0 heterocycles. The van der Waals surface area contributed by atoms with Gasteiger partial charge in [-0.1, -0.05) is 25.1 Å². The average molecular weight is 310 g/mol. The topological polar surface area (TPSA) is 66.5 Å². The van der Waals surface area contributed by atoms with Crippen molar-refractivity contribution in [1.29, 1.82) is 0 Å². The van der Waals surface area contributed by atoms with E-state index in [0.29, 0.717) is 17.8 Å². The van der Waals surface area contributed by atoms with Gasteiger partial charge in [0.25, 0.3) is 0 Å². The minimum absolute atomic E-state index is 0.205. The van der Waals surface area contributed by atoms with Crippen LogP contribution >= 0.6 is 0 Å². The van der Waals surface area contributed by atoms with E-state index in [1.165, 1.54) is 17.3 Å². The van der Waals surface area contributed by atoms with Crippen molar-refractivity contribution in [2.24, 2.45) is 0 Å². The first-order valence-corrected chi connectivity index (χ1v) is 8.15. The van der Waals surface area contributed by atoms with Crippen LogP contribution in [0, 0.1) is 6.92 Å². The molecule has 116 valence electrons. The van der Waals surface area contributed by atoms with Crippen molar-refractivity contribution in [2.75, 3.05) is 18.4 Å². The van der Waals surface area contributed by atoms with Crippen molar-refractivity contribution < 1.29 is 13.2 Å². The zero-order chi connectivity index (χ0) is 16.2. The zero-order valence-electron chi connectivity index (χ0n) is 12.9. The molecule has 1 rings (SSSR count). The summed E-state index contributed by atoms with van der Waals surface area (Å²) >= 11 is 0. The van der Waals surface area contributed by atoms with E-state index in [0.717, 1.165) is 5.57 Å². The van der Waals surface area contributed by atoms with E-state index in [1.54, 1.807) is 32.9 Å². The molecule has 5 nitrogen and oxygen atoms in total. The fraction of sp³-hybridized carbons (Fsp3) is 0.400. The molecule has 0 bridgehead atoms. The second-order valence-electron chi connectivity index (χ2n) is 5.05. The Balaban J connectivity index is 3.28. The molecule has 0 atom stereocenters. The van der Waals surface area contributed by atoms with Crippen LogP contribution in [0.4, 0.5) is 5.69 Å². The van der Waals surface area contributed by atoms with E-state index < -0.39 is 10.0 Å². The van der Waals surface area contributed by atoms with Crippen molar-refractivity contribution in [2.45, 2.75) is 32.6 Å². The Morgan fingerprint density at radius 2 is 1.95 bits per heavy atom. The molecule has 0 aliphatic rings. The predicted octanol–water partition coefficient (Wildman–Crippen LogP) is 2.54. The summed E-state index contributed by atoms with van der Waals surface area (Å²) in [6.45, 7) is 11.1. The molecule has 0 saturated heterocycles. The van der Waals surface area contributed by atoms with Crippen LogP contribution in [0.3, 0.4) is 0 Å². The zero-order valence-corrected chi connectivity index (χ0v) is 13.8. The van der Waals surface area contributed by atoms with Crippen molar-refractivity contribution in [3.63, 3.8) is 0 Å². The third-order valence-corrected chi connectivity index (χ3v) is 4.99. The third kappa shape index (κ3) is 4.41. The lowest BCUT2D eigenvalue weighted by molar-refractivity contribution is -0.114. The van der Waals surface area contributed by atoms with Crippen molar-refractivity contribution in [3.8, 4) is 0 Å². The SMILES string of the molecule is C=C(C)CN(CC)S(=O)(=O)c1cc(NC(C)=O)ccc1C.